The van der Waals surface area contributed by atoms with Gasteiger partial charge in [0.25, 0.3) is 5.91 Å². The number of nitrogens with one attached hydrogen (secondary N) is 1. The fourth-order valence-corrected chi connectivity index (χ4v) is 3.26. The van der Waals surface area contributed by atoms with Gasteiger partial charge in [0.15, 0.2) is 0 Å². The van der Waals surface area contributed by atoms with E-state index in [2.05, 4.69) is 5.32 Å². The van der Waals surface area contributed by atoms with Gasteiger partial charge in [-0.2, -0.15) is 0 Å². The molecule has 2 amide bonds. The highest BCUT2D eigenvalue weighted by Crippen LogP contribution is 2.36. The number of halogens is 1. The molecule has 0 radical (unpaired) electrons. The smallest absolute Gasteiger partial charge is 0.255 e. The number of hydrogen-bond acceptors (Lipinski definition) is 2. The van der Waals surface area contributed by atoms with E-state index in [1.54, 1.807) is 29.2 Å². The van der Waals surface area contributed by atoms with Gasteiger partial charge in [0.05, 0.1) is 0 Å². The van der Waals surface area contributed by atoms with Crippen LogP contribution in [0.15, 0.2) is 48.5 Å². The Bertz CT molecular complexity index is 842. The lowest BCUT2D eigenvalue weighted by molar-refractivity contribution is -0.126. The maximum Gasteiger partial charge on any atom is 0.255 e. The van der Waals surface area contributed by atoms with Gasteiger partial charge in [-0.3, -0.25) is 9.59 Å². The minimum atomic E-state index is -0.661. The van der Waals surface area contributed by atoms with Crippen LogP contribution >= 0.6 is 0 Å². The molecule has 0 saturated heterocycles. The molecule has 0 bridgehead atoms. The molecule has 0 aromatic heterocycles. The van der Waals surface area contributed by atoms with E-state index < -0.39 is 6.04 Å². The van der Waals surface area contributed by atoms with Gasteiger partial charge in [0, 0.05) is 18.7 Å². The van der Waals surface area contributed by atoms with Gasteiger partial charge in [-0.15, -0.1) is 0 Å². The molecule has 0 spiro atoms. The lowest BCUT2D eigenvalue weighted by atomic mass is 9.95. The van der Waals surface area contributed by atoms with Crippen LogP contribution in [0.1, 0.15) is 48.3 Å². The fraction of sp³-hybridized carbons (Fsp3) is 0.333. The van der Waals surface area contributed by atoms with Crippen LogP contribution in [0, 0.1) is 11.2 Å². The molecule has 4 nitrogen and oxygen atoms in total. The normalized spacial score (nSPS) is 16.5. The van der Waals surface area contributed by atoms with Crippen LogP contribution in [0.25, 0.3) is 0 Å². The molecule has 136 valence electrons. The number of benzene rings is 2. The van der Waals surface area contributed by atoms with Crippen LogP contribution in [0.4, 0.5) is 4.39 Å². The molecule has 2 aromatic carbocycles. The highest BCUT2D eigenvalue weighted by Gasteiger charge is 2.42. The molecule has 1 aliphatic heterocycles. The molecule has 1 heterocycles. The van der Waals surface area contributed by atoms with Crippen LogP contribution in [0.2, 0.25) is 0 Å². The van der Waals surface area contributed by atoms with E-state index in [-0.39, 0.29) is 29.6 Å². The molecule has 26 heavy (non-hydrogen) atoms. The van der Waals surface area contributed by atoms with Gasteiger partial charge in [-0.25, -0.2) is 4.39 Å². The quantitative estimate of drug-likeness (QED) is 0.910. The zero-order valence-corrected chi connectivity index (χ0v) is 15.3. The van der Waals surface area contributed by atoms with Gasteiger partial charge < -0.3 is 10.2 Å². The van der Waals surface area contributed by atoms with Crippen LogP contribution in [0.5, 0.6) is 0 Å². The van der Waals surface area contributed by atoms with E-state index in [1.165, 1.54) is 12.1 Å². The third-order valence-electron chi connectivity index (χ3n) is 4.31. The molecule has 1 atom stereocenters. The summed E-state index contributed by atoms with van der Waals surface area (Å²) in [7, 11) is 0. The monoisotopic (exact) mass is 354 g/mol. The first-order chi connectivity index (χ1) is 12.3. The lowest BCUT2D eigenvalue weighted by Gasteiger charge is -2.31. The Morgan fingerprint density at radius 1 is 1.15 bits per heavy atom. The largest absolute Gasteiger partial charge is 0.350 e. The molecule has 0 saturated carbocycles. The third kappa shape index (κ3) is 3.77. The van der Waals surface area contributed by atoms with Gasteiger partial charge >= 0.3 is 0 Å². The molecule has 0 fully saturated rings. The Morgan fingerprint density at radius 2 is 1.88 bits per heavy atom. The maximum absolute atomic E-state index is 13.3. The summed E-state index contributed by atoms with van der Waals surface area (Å²) in [5.74, 6) is -0.717. The van der Waals surface area contributed by atoms with E-state index in [1.807, 2.05) is 32.9 Å². The second-order valence-corrected chi connectivity index (χ2v) is 7.83. The topological polar surface area (TPSA) is 49.4 Å². The number of rotatable bonds is 4. The number of nitrogens with zero attached hydrogens (tertiary/aromatic N) is 1. The van der Waals surface area contributed by atoms with E-state index in [0.29, 0.717) is 17.7 Å². The molecule has 1 aliphatic rings. The van der Waals surface area contributed by atoms with E-state index in [9.17, 15) is 14.0 Å². The van der Waals surface area contributed by atoms with Crippen LogP contribution in [-0.2, 0) is 11.3 Å². The number of carbonyl (C=O) groups is 2. The average molecular weight is 354 g/mol. The molecule has 2 aromatic rings. The fourth-order valence-electron chi connectivity index (χ4n) is 3.26. The van der Waals surface area contributed by atoms with Crippen molar-refractivity contribution in [1.82, 2.24) is 10.2 Å². The van der Waals surface area contributed by atoms with E-state index in [4.69, 9.17) is 0 Å². The Balaban J connectivity index is 1.84. The zero-order valence-electron chi connectivity index (χ0n) is 15.3. The standard InChI is InChI=1S/C21H23FN2O2/c1-21(2,3)13-24-18(16-9-4-5-10-17(16)20(24)26)19(25)23-12-14-7-6-8-15(22)11-14/h4-11,18H,12-13H2,1-3H3,(H,23,25). The molecule has 3 rings (SSSR count). The first kappa shape index (κ1) is 18.1. The number of fused-ring (bicyclic) bond motifs is 1. The predicted octanol–water partition coefficient (Wildman–Crippen LogP) is 3.69. The zero-order chi connectivity index (χ0) is 18.9. The van der Waals surface area contributed by atoms with Gasteiger partial charge in [-0.05, 0) is 34.7 Å². The molecule has 1 N–H and O–H groups in total. The van der Waals surface area contributed by atoms with E-state index in [0.717, 1.165) is 5.56 Å². The van der Waals surface area contributed by atoms with Crippen molar-refractivity contribution >= 4 is 11.8 Å². The highest BCUT2D eigenvalue weighted by molar-refractivity contribution is 6.04. The summed E-state index contributed by atoms with van der Waals surface area (Å²) < 4.78 is 13.3. The van der Waals surface area contributed by atoms with Crippen molar-refractivity contribution in [2.75, 3.05) is 6.54 Å². The SMILES string of the molecule is CC(C)(C)CN1C(=O)c2ccccc2C1C(=O)NCc1cccc(F)c1. The van der Waals surface area contributed by atoms with E-state index >= 15 is 0 Å². The second kappa shape index (κ2) is 6.90. The maximum atomic E-state index is 13.3. The van der Waals surface area contributed by atoms with Gasteiger partial charge in [-0.1, -0.05) is 51.1 Å². The van der Waals surface area contributed by atoms with Crippen molar-refractivity contribution in [3.05, 3.63) is 71.0 Å². The molecule has 5 heteroatoms. The number of hydrogen-bond donors (Lipinski definition) is 1. The summed E-state index contributed by atoms with van der Waals surface area (Å²) in [6.07, 6.45) is 0. The first-order valence-corrected chi connectivity index (χ1v) is 8.68. The summed E-state index contributed by atoms with van der Waals surface area (Å²) >= 11 is 0. The summed E-state index contributed by atoms with van der Waals surface area (Å²) in [5.41, 5.74) is 1.83. The van der Waals surface area contributed by atoms with Crippen molar-refractivity contribution < 1.29 is 14.0 Å². The lowest BCUT2D eigenvalue weighted by Crippen LogP contribution is -2.42. The predicted molar refractivity (Wildman–Crippen MR) is 97.9 cm³/mol. The Labute approximate surface area is 153 Å². The Kier molecular flexibility index (Phi) is 4.81. The summed E-state index contributed by atoms with van der Waals surface area (Å²) in [5, 5.41) is 2.85. The third-order valence-corrected chi connectivity index (χ3v) is 4.31. The van der Waals surface area contributed by atoms with Gasteiger partial charge in [0.1, 0.15) is 11.9 Å². The van der Waals surface area contributed by atoms with Gasteiger partial charge in [0.2, 0.25) is 5.91 Å². The van der Waals surface area contributed by atoms with Crippen molar-refractivity contribution in [2.24, 2.45) is 5.41 Å². The Hall–Kier alpha value is -2.69. The minimum Gasteiger partial charge on any atom is -0.350 e. The summed E-state index contributed by atoms with van der Waals surface area (Å²) in [4.78, 5) is 27.3. The van der Waals surface area contributed by atoms with Crippen molar-refractivity contribution in [1.29, 1.82) is 0 Å². The van der Waals surface area contributed by atoms with Crippen LogP contribution in [-0.4, -0.2) is 23.3 Å². The van der Waals surface area contributed by atoms with Crippen molar-refractivity contribution in [2.45, 2.75) is 33.4 Å². The summed E-state index contributed by atoms with van der Waals surface area (Å²) in [6.45, 7) is 6.78. The molecular weight excluding hydrogens is 331 g/mol. The van der Waals surface area contributed by atoms with Crippen molar-refractivity contribution in [3.8, 4) is 0 Å². The number of carbonyl (C=O) groups excluding carboxylic acids is 2. The second-order valence-electron chi connectivity index (χ2n) is 7.83. The molecular formula is C21H23FN2O2. The van der Waals surface area contributed by atoms with Crippen LogP contribution < -0.4 is 5.32 Å². The van der Waals surface area contributed by atoms with Crippen molar-refractivity contribution in [3.63, 3.8) is 0 Å². The first-order valence-electron chi connectivity index (χ1n) is 8.68. The Morgan fingerprint density at radius 3 is 2.58 bits per heavy atom. The minimum absolute atomic E-state index is 0.124. The van der Waals surface area contributed by atoms with Crippen LogP contribution in [0.3, 0.4) is 0 Å². The average Bonchev–Trinajstić information content (AvgIpc) is 2.84. The number of amides is 2. The summed E-state index contributed by atoms with van der Waals surface area (Å²) in [6, 6.07) is 12.7. The molecule has 0 aliphatic carbocycles. The highest BCUT2D eigenvalue weighted by atomic mass is 19.1. The molecule has 1 unspecified atom stereocenters.